The van der Waals surface area contributed by atoms with E-state index in [1.807, 2.05) is 52.0 Å². The molecule has 2 atom stereocenters. The molecule has 0 radical (unpaired) electrons. The van der Waals surface area contributed by atoms with E-state index >= 15 is 0 Å². The second-order valence-corrected chi connectivity index (χ2v) is 9.37. The number of aromatic nitrogens is 1. The largest absolute Gasteiger partial charge is 0.443 e. The van der Waals surface area contributed by atoms with E-state index in [4.69, 9.17) is 4.42 Å². The molecule has 1 aliphatic rings. The molecule has 8 nitrogen and oxygen atoms in total. The van der Waals surface area contributed by atoms with Crippen LogP contribution in [0.25, 0.3) is 11.3 Å². The van der Waals surface area contributed by atoms with Crippen LogP contribution in [0.3, 0.4) is 0 Å². The normalized spacial score (nSPS) is 17.2. The molecule has 0 aliphatic carbocycles. The molecule has 2 N–H and O–H groups in total. The first-order chi connectivity index (χ1) is 15.1. The Hall–Kier alpha value is -3.16. The van der Waals surface area contributed by atoms with Crippen LogP contribution in [0.1, 0.15) is 51.8 Å². The molecule has 1 aliphatic heterocycles. The molecule has 32 heavy (non-hydrogen) atoms. The standard InChI is InChI=1S/C24H32N4O4/c1-15-20(32-14-26-15)18-10-8-17(9-11-18)13-25-22(30)19-7-6-12-28(19)23(31)21(24(3,4)5)27-16(2)29/h8-11,14,19,21H,6-7,12-13H2,1-5H3,(H,25,30)(H,27,29)/t19-,21?/m0/s1. The van der Waals surface area contributed by atoms with Crippen molar-refractivity contribution in [1.29, 1.82) is 0 Å². The quantitative estimate of drug-likeness (QED) is 0.719. The number of likely N-dealkylation sites (tertiary alicyclic amines) is 1. The Labute approximate surface area is 188 Å². The summed E-state index contributed by atoms with van der Waals surface area (Å²) in [6.07, 6.45) is 2.79. The molecule has 2 aromatic rings. The molecule has 0 saturated carbocycles. The summed E-state index contributed by atoms with van der Waals surface area (Å²) < 4.78 is 5.41. The summed E-state index contributed by atoms with van der Waals surface area (Å²) >= 11 is 0. The zero-order chi connectivity index (χ0) is 23.5. The predicted molar refractivity (Wildman–Crippen MR) is 120 cm³/mol. The second-order valence-electron chi connectivity index (χ2n) is 9.37. The number of carbonyl (C=O) groups is 3. The van der Waals surface area contributed by atoms with Gasteiger partial charge >= 0.3 is 0 Å². The number of aryl methyl sites for hydroxylation is 1. The fourth-order valence-electron chi connectivity index (χ4n) is 3.98. The van der Waals surface area contributed by atoms with Gasteiger partial charge in [0, 0.05) is 25.6 Å². The summed E-state index contributed by atoms with van der Waals surface area (Å²) in [5.41, 5.74) is 2.23. The van der Waals surface area contributed by atoms with Crippen LogP contribution in [-0.2, 0) is 20.9 Å². The van der Waals surface area contributed by atoms with Gasteiger partial charge in [0.2, 0.25) is 17.7 Å². The minimum Gasteiger partial charge on any atom is -0.443 e. The Bertz CT molecular complexity index is 975. The van der Waals surface area contributed by atoms with Crippen molar-refractivity contribution in [3.8, 4) is 11.3 Å². The average molecular weight is 441 g/mol. The maximum absolute atomic E-state index is 13.2. The molecule has 2 heterocycles. The van der Waals surface area contributed by atoms with E-state index in [0.717, 1.165) is 29.0 Å². The number of carbonyl (C=O) groups excluding carboxylic acids is 3. The van der Waals surface area contributed by atoms with Gasteiger partial charge in [-0.15, -0.1) is 0 Å². The van der Waals surface area contributed by atoms with Crippen LogP contribution in [0.5, 0.6) is 0 Å². The number of amides is 3. The molecular formula is C24H32N4O4. The number of nitrogens with one attached hydrogen (secondary N) is 2. The molecule has 0 spiro atoms. The number of nitrogens with zero attached hydrogens (tertiary/aromatic N) is 2. The fourth-order valence-corrected chi connectivity index (χ4v) is 3.98. The number of rotatable bonds is 6. The SMILES string of the molecule is CC(=O)NC(C(=O)N1CCC[C@H]1C(=O)NCc1ccc(-c2ocnc2C)cc1)C(C)(C)C. The van der Waals surface area contributed by atoms with Crippen LogP contribution in [0.15, 0.2) is 35.1 Å². The van der Waals surface area contributed by atoms with E-state index in [-0.39, 0.29) is 17.7 Å². The highest BCUT2D eigenvalue weighted by atomic mass is 16.3. The Kier molecular flexibility index (Phi) is 7.01. The third-order valence-corrected chi connectivity index (χ3v) is 5.73. The molecule has 3 amide bonds. The first-order valence-corrected chi connectivity index (χ1v) is 10.9. The van der Waals surface area contributed by atoms with Crippen LogP contribution in [0.4, 0.5) is 0 Å². The first kappa shape index (κ1) is 23.5. The molecule has 1 fully saturated rings. The minimum absolute atomic E-state index is 0.179. The molecule has 1 aromatic heterocycles. The number of hydrogen-bond donors (Lipinski definition) is 2. The Morgan fingerprint density at radius 1 is 1.22 bits per heavy atom. The number of benzene rings is 1. The van der Waals surface area contributed by atoms with Gasteiger partial charge in [-0.25, -0.2) is 4.98 Å². The van der Waals surface area contributed by atoms with Crippen molar-refractivity contribution in [3.05, 3.63) is 41.9 Å². The molecular weight excluding hydrogens is 408 g/mol. The summed E-state index contributed by atoms with van der Waals surface area (Å²) in [6.45, 7) is 9.87. The Morgan fingerprint density at radius 3 is 2.47 bits per heavy atom. The van der Waals surface area contributed by atoms with Gasteiger partial charge in [0.1, 0.15) is 12.1 Å². The van der Waals surface area contributed by atoms with Gasteiger partial charge in [-0.1, -0.05) is 45.0 Å². The molecule has 1 aromatic carbocycles. The van der Waals surface area contributed by atoms with Gasteiger partial charge in [-0.3, -0.25) is 14.4 Å². The molecule has 8 heteroatoms. The third-order valence-electron chi connectivity index (χ3n) is 5.73. The van der Waals surface area contributed by atoms with Crippen LogP contribution in [0.2, 0.25) is 0 Å². The van der Waals surface area contributed by atoms with Gasteiger partial charge in [0.15, 0.2) is 12.2 Å². The zero-order valence-corrected chi connectivity index (χ0v) is 19.4. The summed E-state index contributed by atoms with van der Waals surface area (Å²) in [7, 11) is 0. The Balaban J connectivity index is 1.63. The highest BCUT2D eigenvalue weighted by molar-refractivity contribution is 5.92. The molecule has 1 saturated heterocycles. The van der Waals surface area contributed by atoms with Gasteiger partial charge < -0.3 is 20.0 Å². The lowest BCUT2D eigenvalue weighted by atomic mass is 9.85. The van der Waals surface area contributed by atoms with Crippen LogP contribution in [-0.4, -0.2) is 46.2 Å². The number of hydrogen-bond acceptors (Lipinski definition) is 5. The fraction of sp³-hybridized carbons (Fsp3) is 0.500. The number of oxazole rings is 1. The summed E-state index contributed by atoms with van der Waals surface area (Å²) in [5.74, 6) is 0.0781. The van der Waals surface area contributed by atoms with E-state index < -0.39 is 17.5 Å². The van der Waals surface area contributed by atoms with Gasteiger partial charge in [0.25, 0.3) is 0 Å². The third kappa shape index (κ3) is 5.36. The highest BCUT2D eigenvalue weighted by Crippen LogP contribution is 2.26. The lowest BCUT2D eigenvalue weighted by Gasteiger charge is -2.35. The maximum Gasteiger partial charge on any atom is 0.246 e. The van der Waals surface area contributed by atoms with Crippen molar-refractivity contribution in [3.63, 3.8) is 0 Å². The highest BCUT2D eigenvalue weighted by Gasteiger charge is 2.41. The minimum atomic E-state index is -0.680. The van der Waals surface area contributed by atoms with Crippen LogP contribution < -0.4 is 10.6 Å². The zero-order valence-electron chi connectivity index (χ0n) is 19.4. The lowest BCUT2D eigenvalue weighted by molar-refractivity contribution is -0.143. The monoisotopic (exact) mass is 440 g/mol. The predicted octanol–water partition coefficient (Wildman–Crippen LogP) is 2.81. The van der Waals surface area contributed by atoms with E-state index in [2.05, 4.69) is 15.6 Å². The smallest absolute Gasteiger partial charge is 0.246 e. The van der Waals surface area contributed by atoms with Crippen molar-refractivity contribution in [2.24, 2.45) is 5.41 Å². The van der Waals surface area contributed by atoms with E-state index in [0.29, 0.717) is 19.5 Å². The Morgan fingerprint density at radius 2 is 1.91 bits per heavy atom. The van der Waals surface area contributed by atoms with Crippen molar-refractivity contribution < 1.29 is 18.8 Å². The maximum atomic E-state index is 13.2. The van der Waals surface area contributed by atoms with Crippen LogP contribution in [0, 0.1) is 12.3 Å². The van der Waals surface area contributed by atoms with E-state index in [9.17, 15) is 14.4 Å². The van der Waals surface area contributed by atoms with E-state index in [1.165, 1.54) is 13.3 Å². The van der Waals surface area contributed by atoms with Gasteiger partial charge in [-0.2, -0.15) is 0 Å². The van der Waals surface area contributed by atoms with Crippen molar-refractivity contribution >= 4 is 17.7 Å². The second kappa shape index (κ2) is 9.54. The van der Waals surface area contributed by atoms with Crippen molar-refractivity contribution in [2.75, 3.05) is 6.54 Å². The van der Waals surface area contributed by atoms with Crippen LogP contribution >= 0.6 is 0 Å². The summed E-state index contributed by atoms with van der Waals surface area (Å²) in [6, 6.07) is 6.52. The van der Waals surface area contributed by atoms with Gasteiger partial charge in [-0.05, 0) is 30.7 Å². The summed E-state index contributed by atoms with van der Waals surface area (Å²) in [5, 5.41) is 5.71. The van der Waals surface area contributed by atoms with E-state index in [1.54, 1.807) is 4.90 Å². The molecule has 172 valence electrons. The van der Waals surface area contributed by atoms with Crippen molar-refractivity contribution in [2.45, 2.75) is 66.1 Å². The average Bonchev–Trinajstić information content (AvgIpc) is 3.38. The van der Waals surface area contributed by atoms with Crippen molar-refractivity contribution in [1.82, 2.24) is 20.5 Å². The molecule has 3 rings (SSSR count). The molecule has 1 unspecified atom stereocenters. The topological polar surface area (TPSA) is 105 Å². The van der Waals surface area contributed by atoms with Gasteiger partial charge in [0.05, 0.1) is 5.69 Å². The first-order valence-electron chi connectivity index (χ1n) is 10.9. The summed E-state index contributed by atoms with van der Waals surface area (Å²) in [4.78, 5) is 43.5. The molecule has 0 bridgehead atoms. The lowest BCUT2D eigenvalue weighted by Crippen LogP contribution is -2.57.